The van der Waals surface area contributed by atoms with E-state index in [1.807, 2.05) is 11.9 Å². The van der Waals surface area contributed by atoms with Gasteiger partial charge < -0.3 is 14.5 Å². The molecule has 0 unspecified atom stereocenters. The van der Waals surface area contributed by atoms with Crippen molar-refractivity contribution in [2.75, 3.05) is 34.0 Å². The molecule has 1 heterocycles. The molecule has 0 amide bonds. The normalized spacial score (nSPS) is 26.7. The van der Waals surface area contributed by atoms with Crippen LogP contribution in [-0.2, 0) is 4.74 Å². The van der Waals surface area contributed by atoms with Gasteiger partial charge in [-0.05, 0) is 12.3 Å². The first kappa shape index (κ1) is 10.4. The molecule has 3 nitrogen and oxygen atoms in total. The number of ether oxygens (including phenoxy) is 1. The van der Waals surface area contributed by atoms with Gasteiger partial charge in [-0.15, -0.1) is 0 Å². The molecule has 76 valence electrons. The van der Waals surface area contributed by atoms with E-state index in [0.717, 1.165) is 25.4 Å². The lowest BCUT2D eigenvalue weighted by Crippen LogP contribution is -2.32. The molecule has 0 saturated carbocycles. The Morgan fingerprint density at radius 3 is 2.77 bits per heavy atom. The van der Waals surface area contributed by atoms with Crippen LogP contribution in [0.5, 0.6) is 0 Å². The first-order chi connectivity index (χ1) is 6.11. The fourth-order valence-corrected chi connectivity index (χ4v) is 1.52. The van der Waals surface area contributed by atoms with Gasteiger partial charge in [0.05, 0.1) is 5.82 Å². The van der Waals surface area contributed by atoms with E-state index in [9.17, 15) is 0 Å². The molecule has 1 aliphatic heterocycles. The van der Waals surface area contributed by atoms with Gasteiger partial charge in [-0.2, -0.15) is 0 Å². The first-order valence-electron chi connectivity index (χ1n) is 4.80. The maximum atomic E-state index is 5.49. The van der Waals surface area contributed by atoms with Crippen molar-refractivity contribution >= 4 is 0 Å². The van der Waals surface area contributed by atoms with Crippen LogP contribution in [0.1, 0.15) is 13.3 Å². The zero-order chi connectivity index (χ0) is 9.84. The molecule has 0 aromatic rings. The Bertz CT molecular complexity index is 182. The van der Waals surface area contributed by atoms with Crippen molar-refractivity contribution in [1.29, 1.82) is 0 Å². The van der Waals surface area contributed by atoms with E-state index in [1.54, 1.807) is 0 Å². The van der Waals surface area contributed by atoms with Gasteiger partial charge in [-0.3, -0.25) is 0 Å². The van der Waals surface area contributed by atoms with E-state index >= 15 is 0 Å². The van der Waals surface area contributed by atoms with Crippen LogP contribution in [0.2, 0.25) is 0 Å². The Kier molecular flexibility index (Phi) is 3.60. The Morgan fingerprint density at radius 2 is 2.08 bits per heavy atom. The smallest absolute Gasteiger partial charge is 0.119 e. The second-order valence-electron chi connectivity index (χ2n) is 3.93. The molecule has 1 aliphatic rings. The zero-order valence-corrected chi connectivity index (χ0v) is 8.92. The maximum absolute atomic E-state index is 5.49. The van der Waals surface area contributed by atoms with Crippen LogP contribution in [0.15, 0.2) is 12.4 Å². The molecule has 1 rings (SSSR count). The lowest BCUT2D eigenvalue weighted by atomic mass is 10.1. The topological polar surface area (TPSA) is 15.7 Å². The fourth-order valence-electron chi connectivity index (χ4n) is 1.52. The molecule has 0 aromatic heterocycles. The molecule has 0 N–H and O–H groups in total. The standard InChI is InChI=1S/C10H20N2O/c1-9-5-6-13-8-12(4)10(2)11(3)7-9/h9H,2,5-8H2,1,3-4H3/t9-/m1/s1. The molecule has 0 aromatic carbocycles. The van der Waals surface area contributed by atoms with Crippen LogP contribution >= 0.6 is 0 Å². The molecule has 1 saturated heterocycles. The van der Waals surface area contributed by atoms with Gasteiger partial charge in [-0.1, -0.05) is 13.5 Å². The third-order valence-electron chi connectivity index (χ3n) is 2.51. The van der Waals surface area contributed by atoms with Gasteiger partial charge in [0, 0.05) is 27.2 Å². The average molecular weight is 184 g/mol. The zero-order valence-electron chi connectivity index (χ0n) is 8.92. The number of rotatable bonds is 0. The van der Waals surface area contributed by atoms with Crippen molar-refractivity contribution in [3.63, 3.8) is 0 Å². The lowest BCUT2D eigenvalue weighted by molar-refractivity contribution is 0.0518. The van der Waals surface area contributed by atoms with Gasteiger partial charge >= 0.3 is 0 Å². The summed E-state index contributed by atoms with van der Waals surface area (Å²) in [5.74, 6) is 1.71. The van der Waals surface area contributed by atoms with Crippen LogP contribution in [0.3, 0.4) is 0 Å². The Balaban J connectivity index is 2.58. The Hall–Kier alpha value is -0.700. The second-order valence-corrected chi connectivity index (χ2v) is 3.93. The third kappa shape index (κ3) is 2.92. The predicted octanol–water partition coefficient (Wildman–Crippen LogP) is 1.34. The Labute approximate surface area is 81.0 Å². The predicted molar refractivity (Wildman–Crippen MR) is 54.1 cm³/mol. The van der Waals surface area contributed by atoms with E-state index in [2.05, 4.69) is 25.5 Å². The molecule has 0 radical (unpaired) electrons. The molecule has 13 heavy (non-hydrogen) atoms. The highest BCUT2D eigenvalue weighted by Gasteiger charge is 2.13. The van der Waals surface area contributed by atoms with Gasteiger partial charge in [0.1, 0.15) is 6.73 Å². The molecule has 1 atom stereocenters. The largest absolute Gasteiger partial charge is 0.362 e. The minimum Gasteiger partial charge on any atom is -0.362 e. The first-order valence-corrected chi connectivity index (χ1v) is 4.80. The summed E-state index contributed by atoms with van der Waals surface area (Å²) in [5.41, 5.74) is 0. The maximum Gasteiger partial charge on any atom is 0.119 e. The molecular weight excluding hydrogens is 164 g/mol. The average Bonchev–Trinajstić information content (AvgIpc) is 2.13. The van der Waals surface area contributed by atoms with Crippen molar-refractivity contribution in [2.24, 2.45) is 5.92 Å². The molecule has 1 fully saturated rings. The summed E-state index contributed by atoms with van der Waals surface area (Å²) in [5, 5.41) is 0. The molecule has 0 aliphatic carbocycles. The van der Waals surface area contributed by atoms with Gasteiger partial charge in [-0.25, -0.2) is 0 Å². The summed E-state index contributed by atoms with van der Waals surface area (Å²) in [7, 11) is 4.09. The van der Waals surface area contributed by atoms with Crippen LogP contribution in [0.25, 0.3) is 0 Å². The van der Waals surface area contributed by atoms with Crippen LogP contribution in [-0.4, -0.2) is 43.8 Å². The summed E-state index contributed by atoms with van der Waals surface area (Å²) in [6, 6.07) is 0. The summed E-state index contributed by atoms with van der Waals surface area (Å²) < 4.78 is 5.49. The quantitative estimate of drug-likeness (QED) is 0.565. The molecular formula is C10H20N2O. The van der Waals surface area contributed by atoms with E-state index < -0.39 is 0 Å². The lowest BCUT2D eigenvalue weighted by Gasteiger charge is -2.29. The van der Waals surface area contributed by atoms with Crippen LogP contribution in [0, 0.1) is 5.92 Å². The van der Waals surface area contributed by atoms with Crippen molar-refractivity contribution in [3.05, 3.63) is 12.4 Å². The number of hydrogen-bond acceptors (Lipinski definition) is 3. The van der Waals surface area contributed by atoms with Crippen molar-refractivity contribution in [2.45, 2.75) is 13.3 Å². The van der Waals surface area contributed by atoms with E-state index in [-0.39, 0.29) is 0 Å². The number of hydrogen-bond donors (Lipinski definition) is 0. The van der Waals surface area contributed by atoms with Crippen molar-refractivity contribution in [3.8, 4) is 0 Å². The summed E-state index contributed by atoms with van der Waals surface area (Å²) in [6.45, 7) is 8.84. The Morgan fingerprint density at radius 1 is 1.38 bits per heavy atom. The van der Waals surface area contributed by atoms with Crippen LogP contribution < -0.4 is 0 Å². The number of nitrogens with zero attached hydrogens (tertiary/aromatic N) is 2. The van der Waals surface area contributed by atoms with Gasteiger partial charge in [0.2, 0.25) is 0 Å². The minimum atomic E-state index is 0.649. The van der Waals surface area contributed by atoms with Gasteiger partial charge in [0.25, 0.3) is 0 Å². The highest BCUT2D eigenvalue weighted by molar-refractivity contribution is 4.90. The highest BCUT2D eigenvalue weighted by atomic mass is 16.5. The monoisotopic (exact) mass is 184 g/mol. The van der Waals surface area contributed by atoms with E-state index in [0.29, 0.717) is 12.6 Å². The third-order valence-corrected chi connectivity index (χ3v) is 2.51. The van der Waals surface area contributed by atoms with Crippen LogP contribution in [0.4, 0.5) is 0 Å². The summed E-state index contributed by atoms with van der Waals surface area (Å²) >= 11 is 0. The fraction of sp³-hybridized carbons (Fsp3) is 0.800. The minimum absolute atomic E-state index is 0.649. The van der Waals surface area contributed by atoms with E-state index in [1.165, 1.54) is 0 Å². The van der Waals surface area contributed by atoms with Crippen molar-refractivity contribution in [1.82, 2.24) is 9.80 Å². The molecule has 0 spiro atoms. The SMILES string of the molecule is C=C1N(C)COCC[C@@H](C)CN1C. The van der Waals surface area contributed by atoms with Crippen molar-refractivity contribution < 1.29 is 4.74 Å². The van der Waals surface area contributed by atoms with E-state index in [4.69, 9.17) is 4.74 Å². The molecule has 3 heteroatoms. The summed E-state index contributed by atoms with van der Waals surface area (Å²) in [4.78, 5) is 4.23. The highest BCUT2D eigenvalue weighted by Crippen LogP contribution is 2.12. The van der Waals surface area contributed by atoms with Gasteiger partial charge in [0.15, 0.2) is 0 Å². The summed E-state index contributed by atoms with van der Waals surface area (Å²) in [6.07, 6.45) is 1.13. The molecule has 0 bridgehead atoms. The second kappa shape index (κ2) is 4.51.